The van der Waals surface area contributed by atoms with E-state index in [-0.39, 0.29) is 43.2 Å². The van der Waals surface area contributed by atoms with Gasteiger partial charge in [-0.3, -0.25) is 9.59 Å². The van der Waals surface area contributed by atoms with Crippen molar-refractivity contribution in [3.63, 3.8) is 0 Å². The molecule has 9 nitrogen and oxygen atoms in total. The third-order valence-electron chi connectivity index (χ3n) is 8.99. The van der Waals surface area contributed by atoms with Crippen molar-refractivity contribution in [3.05, 3.63) is 11.6 Å². The van der Waals surface area contributed by atoms with Gasteiger partial charge in [-0.15, -0.1) is 0 Å². The topological polar surface area (TPSA) is 140 Å². The number of aliphatic hydroxyl groups excluding tert-OH is 2. The highest BCUT2D eigenvalue weighted by Crippen LogP contribution is 2.58. The Hall–Kier alpha value is -1.81. The molecule has 0 radical (unpaired) electrons. The first-order chi connectivity index (χ1) is 17.0. The molecule has 4 aliphatic rings. The Labute approximate surface area is 212 Å². The first-order valence-electron chi connectivity index (χ1n) is 13.2. The lowest BCUT2D eigenvalue weighted by atomic mass is 9.60. The van der Waals surface area contributed by atoms with E-state index >= 15 is 0 Å². The molecule has 1 spiro atoms. The zero-order valence-electron chi connectivity index (χ0n) is 21.6. The van der Waals surface area contributed by atoms with Crippen LogP contribution in [0, 0.1) is 35.0 Å². The van der Waals surface area contributed by atoms with Gasteiger partial charge >= 0.3 is 11.9 Å². The standard InChI is InChI=1S/C27H40O9/c1-14-6-5-7-17-9-19(23(31)32)16(3)10-27(17)24-26(4,25(33)36-27)22(30)20(13-34-12-18(29)11-28)21(35-24)15(2)8-14/h9,14-18,20-21,24,28-29H,5-8,10-13H2,1-4H3,(H,31,32). The molecular formula is C27H40O9. The molecule has 2 bridgehead atoms. The predicted octanol–water partition coefficient (Wildman–Crippen LogP) is 2.12. The molecule has 10 unspecified atom stereocenters. The Kier molecular flexibility index (Phi) is 7.68. The highest BCUT2D eigenvalue weighted by Gasteiger charge is 2.73. The lowest BCUT2D eigenvalue weighted by Gasteiger charge is -2.50. The highest BCUT2D eigenvalue weighted by molar-refractivity contribution is 6.08. The van der Waals surface area contributed by atoms with Crippen molar-refractivity contribution in [3.8, 4) is 0 Å². The number of carbonyl (C=O) groups excluding carboxylic acids is 2. The number of fused-ring (bicyclic) bond motifs is 1. The Bertz CT molecular complexity index is 915. The maximum Gasteiger partial charge on any atom is 0.331 e. The minimum absolute atomic E-state index is 0.000281. The van der Waals surface area contributed by atoms with E-state index in [1.54, 1.807) is 13.0 Å². The van der Waals surface area contributed by atoms with Crippen LogP contribution in [0.3, 0.4) is 0 Å². The SMILES string of the molecule is CC1CCCC2C=C(C(=O)O)C(C)CC23OC(=O)C2(C)C(=O)C(COCC(O)CO)C(OC23)C(C)C1. The Morgan fingerprint density at radius 1 is 1.25 bits per heavy atom. The van der Waals surface area contributed by atoms with Crippen LogP contribution in [0.4, 0.5) is 0 Å². The van der Waals surface area contributed by atoms with E-state index in [4.69, 9.17) is 19.3 Å². The lowest BCUT2D eigenvalue weighted by molar-refractivity contribution is -0.207. The van der Waals surface area contributed by atoms with E-state index < -0.39 is 53.8 Å². The molecular weight excluding hydrogens is 468 g/mol. The molecule has 3 aliphatic heterocycles. The van der Waals surface area contributed by atoms with E-state index in [9.17, 15) is 24.6 Å². The van der Waals surface area contributed by atoms with E-state index in [1.807, 2.05) is 6.92 Å². The summed E-state index contributed by atoms with van der Waals surface area (Å²) in [5, 5.41) is 28.6. The first kappa shape index (κ1) is 27.2. The quantitative estimate of drug-likeness (QED) is 0.364. The Morgan fingerprint density at radius 2 is 1.97 bits per heavy atom. The average molecular weight is 509 g/mol. The maximum atomic E-state index is 14.1. The molecule has 0 aromatic rings. The highest BCUT2D eigenvalue weighted by atomic mass is 16.6. The van der Waals surface area contributed by atoms with Crippen LogP contribution in [-0.2, 0) is 28.6 Å². The lowest BCUT2D eigenvalue weighted by Crippen LogP contribution is -2.64. The van der Waals surface area contributed by atoms with Crippen LogP contribution in [-0.4, -0.2) is 76.8 Å². The molecule has 3 heterocycles. The van der Waals surface area contributed by atoms with Gasteiger partial charge < -0.3 is 29.5 Å². The smallest absolute Gasteiger partial charge is 0.331 e. The predicted molar refractivity (Wildman–Crippen MR) is 128 cm³/mol. The van der Waals surface area contributed by atoms with E-state index in [0.717, 1.165) is 19.3 Å². The molecule has 0 aromatic carbocycles. The fourth-order valence-electron chi connectivity index (χ4n) is 7.14. The van der Waals surface area contributed by atoms with Crippen LogP contribution >= 0.6 is 0 Å². The fraction of sp³-hybridized carbons (Fsp3) is 0.815. The summed E-state index contributed by atoms with van der Waals surface area (Å²) in [5.74, 6) is -2.98. The molecule has 3 fully saturated rings. The Morgan fingerprint density at radius 3 is 2.64 bits per heavy atom. The number of carboxylic acid groups (broad SMARTS) is 1. The van der Waals surface area contributed by atoms with Crippen LogP contribution in [0.25, 0.3) is 0 Å². The second-order valence-corrected chi connectivity index (χ2v) is 11.8. The van der Waals surface area contributed by atoms with E-state index in [1.165, 1.54) is 0 Å². The number of hydrogen-bond donors (Lipinski definition) is 3. The second kappa shape index (κ2) is 10.2. The summed E-state index contributed by atoms with van der Waals surface area (Å²) in [6.07, 6.45) is 2.89. The molecule has 0 aromatic heterocycles. The van der Waals surface area contributed by atoms with Gasteiger partial charge in [-0.2, -0.15) is 0 Å². The van der Waals surface area contributed by atoms with Gasteiger partial charge in [0.05, 0.1) is 31.8 Å². The van der Waals surface area contributed by atoms with Crippen molar-refractivity contribution in [1.29, 1.82) is 0 Å². The number of carboxylic acids is 1. The van der Waals surface area contributed by atoms with Gasteiger partial charge in [0, 0.05) is 11.5 Å². The molecule has 10 atom stereocenters. The number of esters is 1. The Balaban J connectivity index is 1.77. The van der Waals surface area contributed by atoms with E-state index in [2.05, 4.69) is 13.8 Å². The van der Waals surface area contributed by atoms with Crippen molar-refractivity contribution in [2.75, 3.05) is 19.8 Å². The van der Waals surface area contributed by atoms with Gasteiger partial charge in [-0.05, 0) is 43.9 Å². The number of ketones is 1. The van der Waals surface area contributed by atoms with Crippen molar-refractivity contribution < 1.29 is 43.9 Å². The minimum atomic E-state index is -1.54. The molecule has 1 aliphatic carbocycles. The average Bonchev–Trinajstić information content (AvgIpc) is 3.02. The summed E-state index contributed by atoms with van der Waals surface area (Å²) in [7, 11) is 0. The van der Waals surface area contributed by atoms with Gasteiger partial charge in [0.25, 0.3) is 0 Å². The summed E-state index contributed by atoms with van der Waals surface area (Å²) in [6, 6.07) is 0. The molecule has 202 valence electrons. The van der Waals surface area contributed by atoms with Crippen LogP contribution < -0.4 is 0 Å². The number of ether oxygens (including phenoxy) is 3. The first-order valence-corrected chi connectivity index (χ1v) is 13.2. The van der Waals surface area contributed by atoms with Gasteiger partial charge in [0.2, 0.25) is 0 Å². The molecule has 36 heavy (non-hydrogen) atoms. The van der Waals surface area contributed by atoms with Gasteiger partial charge in [0.1, 0.15) is 17.8 Å². The number of carbonyl (C=O) groups is 3. The van der Waals surface area contributed by atoms with E-state index in [0.29, 0.717) is 17.9 Å². The van der Waals surface area contributed by atoms with Crippen molar-refractivity contribution in [2.24, 2.45) is 35.0 Å². The van der Waals surface area contributed by atoms with Crippen LogP contribution in [0.2, 0.25) is 0 Å². The zero-order chi connectivity index (χ0) is 26.4. The van der Waals surface area contributed by atoms with Crippen molar-refractivity contribution in [2.45, 2.75) is 83.7 Å². The summed E-state index contributed by atoms with van der Waals surface area (Å²) in [6.45, 7) is 7.01. The zero-order valence-corrected chi connectivity index (χ0v) is 21.6. The third-order valence-corrected chi connectivity index (χ3v) is 8.99. The monoisotopic (exact) mass is 508 g/mol. The third kappa shape index (κ3) is 4.42. The summed E-state index contributed by atoms with van der Waals surface area (Å²) >= 11 is 0. The number of Topliss-reactive ketones (excluding diaryl/α,β-unsaturated/α-hetero) is 1. The summed E-state index contributed by atoms with van der Waals surface area (Å²) < 4.78 is 18.6. The van der Waals surface area contributed by atoms with Crippen LogP contribution in [0.15, 0.2) is 11.6 Å². The van der Waals surface area contributed by atoms with Crippen molar-refractivity contribution in [1.82, 2.24) is 0 Å². The second-order valence-electron chi connectivity index (χ2n) is 11.8. The molecule has 3 N–H and O–H groups in total. The maximum absolute atomic E-state index is 14.1. The minimum Gasteiger partial charge on any atom is -0.478 e. The summed E-state index contributed by atoms with van der Waals surface area (Å²) in [5.41, 5.74) is -2.32. The van der Waals surface area contributed by atoms with Crippen molar-refractivity contribution >= 4 is 17.7 Å². The molecule has 0 amide bonds. The van der Waals surface area contributed by atoms with Gasteiger partial charge in [0.15, 0.2) is 11.2 Å². The normalized spacial score (nSPS) is 43.6. The number of aliphatic hydroxyl groups is 2. The van der Waals surface area contributed by atoms with Gasteiger partial charge in [-0.25, -0.2) is 4.79 Å². The largest absolute Gasteiger partial charge is 0.478 e. The molecule has 9 heteroatoms. The molecule has 3 saturated heterocycles. The number of rotatable bonds is 6. The van der Waals surface area contributed by atoms with Crippen LogP contribution in [0.5, 0.6) is 0 Å². The van der Waals surface area contributed by atoms with Gasteiger partial charge in [-0.1, -0.05) is 39.7 Å². The number of hydrogen-bond acceptors (Lipinski definition) is 8. The van der Waals surface area contributed by atoms with Crippen LogP contribution in [0.1, 0.15) is 59.8 Å². The molecule has 4 rings (SSSR count). The number of aliphatic carboxylic acids is 1. The molecule has 0 saturated carbocycles. The summed E-state index contributed by atoms with van der Waals surface area (Å²) in [4.78, 5) is 39.6. The fourth-order valence-corrected chi connectivity index (χ4v) is 7.14.